The fourth-order valence-corrected chi connectivity index (χ4v) is 4.16. The Morgan fingerprint density at radius 2 is 1.88 bits per heavy atom. The average Bonchev–Trinajstić information content (AvgIpc) is 3.52. The van der Waals surface area contributed by atoms with Crippen molar-refractivity contribution in [2.24, 2.45) is 14.1 Å². The molecule has 0 bridgehead atoms. The molecule has 4 heterocycles. The fourth-order valence-electron chi connectivity index (χ4n) is 4.16. The van der Waals surface area contributed by atoms with Gasteiger partial charge in [-0.25, -0.2) is 4.98 Å². The first-order valence-corrected chi connectivity index (χ1v) is 10.9. The third-order valence-electron chi connectivity index (χ3n) is 6.16. The molecule has 0 aliphatic heterocycles. The molecule has 0 atom stereocenters. The van der Waals surface area contributed by atoms with E-state index in [1.165, 1.54) is 6.08 Å². The number of aromatic amines is 1. The van der Waals surface area contributed by atoms with E-state index in [9.17, 15) is 4.79 Å². The first-order chi connectivity index (χ1) is 16.4. The number of benzene rings is 1. The van der Waals surface area contributed by atoms with Gasteiger partial charge in [0.05, 0.1) is 18.1 Å². The van der Waals surface area contributed by atoms with Crippen LogP contribution < -0.4 is 5.32 Å². The molecule has 2 N–H and O–H groups in total. The molecule has 0 saturated heterocycles. The van der Waals surface area contributed by atoms with Crippen LogP contribution in [0.3, 0.4) is 0 Å². The van der Waals surface area contributed by atoms with E-state index in [1.54, 1.807) is 4.68 Å². The number of anilines is 1. The van der Waals surface area contributed by atoms with Gasteiger partial charge in [0.25, 0.3) is 0 Å². The predicted molar refractivity (Wildman–Crippen MR) is 134 cm³/mol. The molecule has 1 aromatic carbocycles. The summed E-state index contributed by atoms with van der Waals surface area (Å²) in [6, 6.07) is 8.19. The van der Waals surface area contributed by atoms with Crippen molar-refractivity contribution in [2.75, 3.05) is 5.32 Å². The molecule has 8 heteroatoms. The molecular formula is C26H25N7O. The maximum absolute atomic E-state index is 12.0. The Labute approximate surface area is 197 Å². The van der Waals surface area contributed by atoms with E-state index in [1.807, 2.05) is 69.5 Å². The van der Waals surface area contributed by atoms with Crippen molar-refractivity contribution in [3.63, 3.8) is 0 Å². The van der Waals surface area contributed by atoms with E-state index in [0.717, 1.165) is 61.5 Å². The van der Waals surface area contributed by atoms with Crippen molar-refractivity contribution in [3.8, 4) is 33.5 Å². The molecule has 5 rings (SSSR count). The van der Waals surface area contributed by atoms with E-state index in [0.29, 0.717) is 0 Å². The number of hydrogen-bond acceptors (Lipinski definition) is 4. The molecule has 5 aromatic rings. The lowest BCUT2D eigenvalue weighted by Crippen LogP contribution is -2.08. The van der Waals surface area contributed by atoms with Gasteiger partial charge in [-0.3, -0.25) is 14.2 Å². The van der Waals surface area contributed by atoms with Crippen LogP contribution >= 0.6 is 0 Å². The van der Waals surface area contributed by atoms with Crippen LogP contribution in [0.5, 0.6) is 0 Å². The Bertz CT molecular complexity index is 1570. The van der Waals surface area contributed by atoms with E-state index < -0.39 is 0 Å². The number of aromatic nitrogens is 6. The van der Waals surface area contributed by atoms with Crippen LogP contribution in [0.15, 0.2) is 61.7 Å². The SMILES string of the molecule is C=CC(=O)Nc1cc(-c2c(-c3cnn(C)c3)[nH]c3ncc(-c4cnn(C)c4C)cc23)ccc1C. The minimum absolute atomic E-state index is 0.248. The molecule has 0 spiro atoms. The lowest BCUT2D eigenvalue weighted by Gasteiger charge is -2.11. The minimum Gasteiger partial charge on any atom is -0.339 e. The van der Waals surface area contributed by atoms with Crippen LogP contribution in [0.1, 0.15) is 11.3 Å². The largest absolute Gasteiger partial charge is 0.339 e. The normalized spacial score (nSPS) is 11.2. The molecule has 170 valence electrons. The Morgan fingerprint density at radius 1 is 1.06 bits per heavy atom. The van der Waals surface area contributed by atoms with Crippen molar-refractivity contribution >= 4 is 22.6 Å². The smallest absolute Gasteiger partial charge is 0.247 e. The highest BCUT2D eigenvalue weighted by Crippen LogP contribution is 2.40. The highest BCUT2D eigenvalue weighted by Gasteiger charge is 2.19. The zero-order valence-electron chi connectivity index (χ0n) is 19.5. The summed E-state index contributed by atoms with van der Waals surface area (Å²) >= 11 is 0. The summed E-state index contributed by atoms with van der Waals surface area (Å²) in [5.41, 5.74) is 9.38. The lowest BCUT2D eigenvalue weighted by molar-refractivity contribution is -0.111. The second kappa shape index (κ2) is 8.15. The maximum Gasteiger partial charge on any atom is 0.247 e. The Hall–Kier alpha value is -4.46. The molecule has 4 aromatic heterocycles. The summed E-state index contributed by atoms with van der Waals surface area (Å²) < 4.78 is 3.63. The molecule has 1 amide bonds. The number of carbonyl (C=O) groups excluding carboxylic acids is 1. The van der Waals surface area contributed by atoms with Crippen molar-refractivity contribution in [1.29, 1.82) is 0 Å². The standard InChI is InChI=1S/C26H25N7O/c1-6-23(34)30-22-10-17(8-7-15(22)2)24-20-9-18(21-13-29-33(5)16(21)3)11-27-26(20)31-25(24)19-12-28-32(4)14-19/h6-14H,1H2,2-5H3,(H,27,31)(H,30,34). The van der Waals surface area contributed by atoms with Gasteiger partial charge in [0.2, 0.25) is 5.91 Å². The van der Waals surface area contributed by atoms with Gasteiger partial charge in [-0.05, 0) is 43.2 Å². The quantitative estimate of drug-likeness (QED) is 0.376. The summed E-state index contributed by atoms with van der Waals surface area (Å²) in [6.07, 6.45) is 8.79. The zero-order valence-corrected chi connectivity index (χ0v) is 19.5. The van der Waals surface area contributed by atoms with Gasteiger partial charge in [0.1, 0.15) is 5.65 Å². The molecule has 0 unspecified atom stereocenters. The number of amides is 1. The molecule has 0 aliphatic rings. The Kier molecular flexibility index (Phi) is 5.13. The van der Waals surface area contributed by atoms with Crippen LogP contribution in [-0.4, -0.2) is 35.4 Å². The molecular weight excluding hydrogens is 426 g/mol. The number of H-pyrrole nitrogens is 1. The van der Waals surface area contributed by atoms with Gasteiger partial charge in [-0.2, -0.15) is 10.2 Å². The summed E-state index contributed by atoms with van der Waals surface area (Å²) in [6.45, 7) is 7.57. The second-order valence-electron chi connectivity index (χ2n) is 8.39. The van der Waals surface area contributed by atoms with Gasteiger partial charge in [-0.15, -0.1) is 0 Å². The van der Waals surface area contributed by atoms with Crippen LogP contribution in [0.4, 0.5) is 5.69 Å². The third-order valence-corrected chi connectivity index (χ3v) is 6.16. The summed E-state index contributed by atoms with van der Waals surface area (Å²) in [4.78, 5) is 20.2. The predicted octanol–water partition coefficient (Wildman–Crippen LogP) is 4.77. The highest BCUT2D eigenvalue weighted by molar-refractivity contribution is 6.05. The van der Waals surface area contributed by atoms with E-state index in [2.05, 4.69) is 39.2 Å². The lowest BCUT2D eigenvalue weighted by atomic mass is 9.97. The van der Waals surface area contributed by atoms with E-state index in [4.69, 9.17) is 4.98 Å². The molecule has 8 nitrogen and oxygen atoms in total. The van der Waals surface area contributed by atoms with Crippen LogP contribution in [0.25, 0.3) is 44.5 Å². The van der Waals surface area contributed by atoms with Gasteiger partial charge < -0.3 is 10.3 Å². The van der Waals surface area contributed by atoms with Crippen LogP contribution in [0.2, 0.25) is 0 Å². The Balaban J connectivity index is 1.76. The number of nitrogens with zero attached hydrogens (tertiary/aromatic N) is 5. The number of hydrogen-bond donors (Lipinski definition) is 2. The zero-order chi connectivity index (χ0) is 24.0. The van der Waals surface area contributed by atoms with Crippen molar-refractivity contribution in [3.05, 3.63) is 73.0 Å². The van der Waals surface area contributed by atoms with Gasteiger partial charge in [0.15, 0.2) is 0 Å². The number of fused-ring (bicyclic) bond motifs is 1. The molecule has 34 heavy (non-hydrogen) atoms. The molecule has 0 saturated carbocycles. The number of rotatable bonds is 5. The topological polar surface area (TPSA) is 93.4 Å². The summed E-state index contributed by atoms with van der Waals surface area (Å²) in [5.74, 6) is -0.248. The van der Waals surface area contributed by atoms with Gasteiger partial charge in [0, 0.05) is 65.5 Å². The number of aryl methyl sites for hydroxylation is 3. The Morgan fingerprint density at radius 3 is 2.56 bits per heavy atom. The monoisotopic (exact) mass is 451 g/mol. The van der Waals surface area contributed by atoms with Crippen LogP contribution in [0, 0.1) is 13.8 Å². The van der Waals surface area contributed by atoms with Crippen LogP contribution in [-0.2, 0) is 18.9 Å². The van der Waals surface area contributed by atoms with Crippen molar-refractivity contribution in [1.82, 2.24) is 29.5 Å². The van der Waals surface area contributed by atoms with Crippen molar-refractivity contribution in [2.45, 2.75) is 13.8 Å². The van der Waals surface area contributed by atoms with Gasteiger partial charge >= 0.3 is 0 Å². The fraction of sp³-hybridized carbons (Fsp3) is 0.154. The summed E-state index contributed by atoms with van der Waals surface area (Å²) in [5, 5.41) is 12.6. The summed E-state index contributed by atoms with van der Waals surface area (Å²) in [7, 11) is 3.82. The molecule has 0 radical (unpaired) electrons. The first-order valence-electron chi connectivity index (χ1n) is 10.9. The maximum atomic E-state index is 12.0. The average molecular weight is 452 g/mol. The molecule has 0 fully saturated rings. The molecule has 0 aliphatic carbocycles. The highest BCUT2D eigenvalue weighted by atomic mass is 16.1. The van der Waals surface area contributed by atoms with E-state index >= 15 is 0 Å². The second-order valence-corrected chi connectivity index (χ2v) is 8.39. The van der Waals surface area contributed by atoms with Gasteiger partial charge in [-0.1, -0.05) is 18.7 Å². The minimum atomic E-state index is -0.248. The number of pyridine rings is 1. The third kappa shape index (κ3) is 3.59. The number of carbonyl (C=O) groups is 1. The van der Waals surface area contributed by atoms with Crippen molar-refractivity contribution < 1.29 is 4.79 Å². The first kappa shape index (κ1) is 21.4. The number of nitrogens with one attached hydrogen (secondary N) is 2. The van der Waals surface area contributed by atoms with E-state index in [-0.39, 0.29) is 5.91 Å².